The molecule has 0 radical (unpaired) electrons. The Balaban J connectivity index is 2.59. The molecule has 1 unspecified atom stereocenters. The van der Waals surface area contributed by atoms with Gasteiger partial charge >= 0.3 is 5.97 Å². The van der Waals surface area contributed by atoms with E-state index in [1.165, 1.54) is 21.3 Å². The molecule has 1 aromatic rings. The van der Waals surface area contributed by atoms with Crippen molar-refractivity contribution in [2.24, 2.45) is 0 Å². The number of methoxy groups -OCH3 is 3. The molecule has 2 rings (SSSR count). The van der Waals surface area contributed by atoms with Crippen LogP contribution in [0.1, 0.15) is 11.7 Å². The number of carbonyl (C=O) groups excluding carboxylic acids is 1. The average Bonchev–Trinajstić information content (AvgIpc) is 2.73. The van der Waals surface area contributed by atoms with Gasteiger partial charge in [0.1, 0.15) is 22.3 Å². The second-order valence-corrected chi connectivity index (χ2v) is 4.68. The molecule has 0 saturated heterocycles. The van der Waals surface area contributed by atoms with Crippen molar-refractivity contribution in [3.63, 3.8) is 0 Å². The van der Waals surface area contributed by atoms with Crippen LogP contribution in [0.5, 0.6) is 17.2 Å². The molecule has 1 atom stereocenters. The lowest BCUT2D eigenvalue weighted by Crippen LogP contribution is -2.06. The van der Waals surface area contributed by atoms with Gasteiger partial charge in [0.05, 0.1) is 31.9 Å². The van der Waals surface area contributed by atoms with E-state index in [4.69, 9.17) is 42.1 Å². The Bertz CT molecular complexity index is 557. The Morgan fingerprint density at radius 3 is 1.95 bits per heavy atom. The van der Waals surface area contributed by atoms with Crippen molar-refractivity contribution < 1.29 is 23.7 Å². The van der Waals surface area contributed by atoms with Gasteiger partial charge < -0.3 is 18.9 Å². The van der Waals surface area contributed by atoms with Crippen molar-refractivity contribution in [3.8, 4) is 17.2 Å². The van der Waals surface area contributed by atoms with Crippen molar-refractivity contribution in [1.82, 2.24) is 0 Å². The molecule has 1 aliphatic rings. The van der Waals surface area contributed by atoms with Gasteiger partial charge in [-0.25, -0.2) is 4.79 Å². The van der Waals surface area contributed by atoms with Crippen LogP contribution in [0.15, 0.2) is 22.2 Å². The van der Waals surface area contributed by atoms with Gasteiger partial charge in [-0.05, 0) is 0 Å². The molecule has 0 spiro atoms. The Morgan fingerprint density at radius 2 is 1.60 bits per heavy atom. The molecule has 0 N–H and O–H groups in total. The van der Waals surface area contributed by atoms with Crippen LogP contribution in [-0.2, 0) is 9.53 Å². The topological polar surface area (TPSA) is 54.0 Å². The third-order valence-corrected chi connectivity index (χ3v) is 3.70. The average molecular weight is 319 g/mol. The summed E-state index contributed by atoms with van der Waals surface area (Å²) in [6, 6.07) is 3.28. The van der Waals surface area contributed by atoms with Gasteiger partial charge in [-0.15, -0.1) is 0 Å². The highest BCUT2D eigenvalue weighted by Crippen LogP contribution is 2.47. The van der Waals surface area contributed by atoms with Crippen molar-refractivity contribution >= 4 is 29.2 Å². The minimum atomic E-state index is -0.854. The number of ether oxygens (including phenoxy) is 4. The second kappa shape index (κ2) is 5.81. The zero-order valence-electron chi connectivity index (χ0n) is 11.0. The molecular formula is C13H12Cl2O5. The SMILES string of the molecule is COc1cc(OC)c(C2OC(=O)C(Cl)=C2Cl)c(OC)c1. The van der Waals surface area contributed by atoms with Crippen molar-refractivity contribution in [3.05, 3.63) is 27.8 Å². The Kier molecular flexibility index (Phi) is 4.30. The summed E-state index contributed by atoms with van der Waals surface area (Å²) < 4.78 is 20.9. The maximum absolute atomic E-state index is 11.5. The van der Waals surface area contributed by atoms with E-state index in [2.05, 4.69) is 0 Å². The minimum absolute atomic E-state index is 0.0958. The van der Waals surface area contributed by atoms with Gasteiger partial charge in [0.15, 0.2) is 6.10 Å². The standard InChI is InChI=1S/C13H12Cl2O5/c1-17-6-4-7(18-2)9(8(5-6)19-3)12-10(14)11(15)13(16)20-12/h4-5,12H,1-3H3. The molecule has 0 bridgehead atoms. The smallest absolute Gasteiger partial charge is 0.352 e. The summed E-state index contributed by atoms with van der Waals surface area (Å²) in [4.78, 5) is 11.5. The van der Waals surface area contributed by atoms with Gasteiger partial charge in [0.25, 0.3) is 0 Å². The van der Waals surface area contributed by atoms with E-state index in [0.717, 1.165) is 0 Å². The van der Waals surface area contributed by atoms with Crippen LogP contribution in [-0.4, -0.2) is 27.3 Å². The van der Waals surface area contributed by atoms with E-state index >= 15 is 0 Å². The maximum atomic E-state index is 11.5. The summed E-state index contributed by atoms with van der Waals surface area (Å²) >= 11 is 11.8. The van der Waals surface area contributed by atoms with Gasteiger partial charge in [-0.2, -0.15) is 0 Å². The van der Waals surface area contributed by atoms with Crippen molar-refractivity contribution in [2.45, 2.75) is 6.10 Å². The number of cyclic esters (lactones) is 1. The number of halogens is 2. The molecule has 0 aliphatic carbocycles. The van der Waals surface area contributed by atoms with E-state index in [0.29, 0.717) is 22.8 Å². The van der Waals surface area contributed by atoms with Crippen LogP contribution in [0.3, 0.4) is 0 Å². The predicted molar refractivity (Wildman–Crippen MR) is 73.7 cm³/mol. The van der Waals surface area contributed by atoms with Crippen LogP contribution >= 0.6 is 23.2 Å². The lowest BCUT2D eigenvalue weighted by molar-refractivity contribution is -0.139. The molecule has 0 amide bonds. The molecule has 1 aromatic carbocycles. The number of rotatable bonds is 4. The van der Waals surface area contributed by atoms with Crippen LogP contribution in [0.2, 0.25) is 0 Å². The van der Waals surface area contributed by atoms with Gasteiger partial charge in [-0.1, -0.05) is 23.2 Å². The summed E-state index contributed by atoms with van der Waals surface area (Å²) in [6.45, 7) is 0. The highest BCUT2D eigenvalue weighted by atomic mass is 35.5. The van der Waals surface area contributed by atoms with Crippen LogP contribution < -0.4 is 14.2 Å². The minimum Gasteiger partial charge on any atom is -0.496 e. The molecule has 1 heterocycles. The monoisotopic (exact) mass is 318 g/mol. The third kappa shape index (κ3) is 2.39. The first kappa shape index (κ1) is 14.8. The Hall–Kier alpha value is -1.59. The van der Waals surface area contributed by atoms with E-state index < -0.39 is 12.1 Å². The fourth-order valence-corrected chi connectivity index (χ4v) is 2.27. The number of benzene rings is 1. The lowest BCUT2D eigenvalue weighted by Gasteiger charge is -2.19. The van der Waals surface area contributed by atoms with Crippen LogP contribution in [0, 0.1) is 0 Å². The molecule has 20 heavy (non-hydrogen) atoms. The molecule has 1 aliphatic heterocycles. The number of esters is 1. The molecular weight excluding hydrogens is 307 g/mol. The zero-order chi connectivity index (χ0) is 14.9. The van der Waals surface area contributed by atoms with Crippen molar-refractivity contribution in [1.29, 1.82) is 0 Å². The predicted octanol–water partition coefficient (Wildman–Crippen LogP) is 3.00. The quantitative estimate of drug-likeness (QED) is 0.799. The van der Waals surface area contributed by atoms with Crippen molar-refractivity contribution in [2.75, 3.05) is 21.3 Å². The van der Waals surface area contributed by atoms with Gasteiger partial charge in [0.2, 0.25) is 0 Å². The summed E-state index contributed by atoms with van der Waals surface area (Å²) in [6.07, 6.45) is -0.854. The fraction of sp³-hybridized carbons (Fsp3) is 0.308. The summed E-state index contributed by atoms with van der Waals surface area (Å²) in [5.74, 6) is 0.701. The number of hydrogen-bond acceptors (Lipinski definition) is 5. The molecule has 7 heteroatoms. The zero-order valence-corrected chi connectivity index (χ0v) is 12.5. The largest absolute Gasteiger partial charge is 0.496 e. The van der Waals surface area contributed by atoms with E-state index in [1.54, 1.807) is 12.1 Å². The van der Waals surface area contributed by atoms with E-state index in [-0.39, 0.29) is 10.1 Å². The first-order valence-electron chi connectivity index (χ1n) is 5.59. The molecule has 108 valence electrons. The number of carbonyl (C=O) groups is 1. The normalized spacial score (nSPS) is 18.1. The number of hydrogen-bond donors (Lipinski definition) is 0. The summed E-state index contributed by atoms with van der Waals surface area (Å²) in [5, 5.41) is -0.0463. The first-order valence-corrected chi connectivity index (χ1v) is 6.35. The van der Waals surface area contributed by atoms with Gasteiger partial charge in [-0.3, -0.25) is 0 Å². The first-order chi connectivity index (χ1) is 9.53. The summed E-state index contributed by atoms with van der Waals surface area (Å²) in [5.41, 5.74) is 0.477. The molecule has 0 fully saturated rings. The fourth-order valence-electron chi connectivity index (χ4n) is 1.90. The second-order valence-electron chi connectivity index (χ2n) is 3.89. The summed E-state index contributed by atoms with van der Waals surface area (Å²) in [7, 11) is 4.48. The lowest BCUT2D eigenvalue weighted by atomic mass is 10.1. The molecule has 5 nitrogen and oxygen atoms in total. The van der Waals surface area contributed by atoms with Gasteiger partial charge in [0, 0.05) is 12.1 Å². The third-order valence-electron chi connectivity index (χ3n) is 2.86. The van der Waals surface area contributed by atoms with Crippen LogP contribution in [0.4, 0.5) is 0 Å². The highest BCUT2D eigenvalue weighted by Gasteiger charge is 2.37. The highest BCUT2D eigenvalue weighted by molar-refractivity contribution is 6.48. The van der Waals surface area contributed by atoms with Crippen LogP contribution in [0.25, 0.3) is 0 Å². The maximum Gasteiger partial charge on any atom is 0.352 e. The van der Waals surface area contributed by atoms with E-state index in [1.807, 2.05) is 0 Å². The molecule has 0 saturated carbocycles. The van der Waals surface area contributed by atoms with E-state index in [9.17, 15) is 4.79 Å². The Labute approximate surface area is 126 Å². The Morgan fingerprint density at radius 1 is 1.05 bits per heavy atom. The molecule has 0 aromatic heterocycles.